The first-order valence-electron chi connectivity index (χ1n) is 7.89. The van der Waals surface area contributed by atoms with Crippen molar-refractivity contribution in [3.8, 4) is 0 Å². The van der Waals surface area contributed by atoms with Gasteiger partial charge in [0.15, 0.2) is 0 Å². The summed E-state index contributed by atoms with van der Waals surface area (Å²) in [5.74, 6) is -0.0771. The van der Waals surface area contributed by atoms with Gasteiger partial charge in [-0.1, -0.05) is 42.5 Å². The van der Waals surface area contributed by atoms with E-state index in [4.69, 9.17) is 0 Å². The zero-order chi connectivity index (χ0) is 16.1. The molecule has 3 rings (SSSR count). The average molecular weight is 311 g/mol. The van der Waals surface area contributed by atoms with Crippen molar-refractivity contribution in [2.45, 2.75) is 6.42 Å². The van der Waals surface area contributed by atoms with E-state index in [1.807, 2.05) is 52.6 Å². The van der Waals surface area contributed by atoms with Crippen LogP contribution in [-0.2, 0) is 4.79 Å². The molecule has 1 saturated heterocycles. The Balaban J connectivity index is 1.50. The van der Waals surface area contributed by atoms with Gasteiger partial charge in [-0.15, -0.1) is 0 Å². The van der Waals surface area contributed by atoms with Crippen LogP contribution in [0.4, 0.5) is 10.1 Å². The summed E-state index contributed by atoms with van der Waals surface area (Å²) < 4.78 is 13.8. The maximum Gasteiger partial charge on any atom is 0.223 e. The van der Waals surface area contributed by atoms with E-state index in [1.54, 1.807) is 12.1 Å². The molecule has 0 aromatic heterocycles. The van der Waals surface area contributed by atoms with Crippen LogP contribution < -0.4 is 4.90 Å². The molecule has 0 bridgehead atoms. The van der Waals surface area contributed by atoms with E-state index in [1.165, 1.54) is 6.07 Å². The predicted octanol–water partition coefficient (Wildman–Crippen LogP) is 3.12. The molecule has 1 amide bonds. The average Bonchev–Trinajstić information content (AvgIpc) is 2.61. The second-order valence-corrected chi connectivity index (χ2v) is 5.64. The fraction of sp³-hybridized carbons (Fsp3) is 0.263. The van der Waals surface area contributed by atoms with Gasteiger partial charge in [0.05, 0.1) is 5.69 Å². The number of piperazine rings is 1. The van der Waals surface area contributed by atoms with Crippen LogP contribution in [0.15, 0.2) is 54.6 Å². The number of carbonyl (C=O) groups excluding carboxylic acids is 1. The van der Waals surface area contributed by atoms with Crippen molar-refractivity contribution in [1.29, 1.82) is 0 Å². The Morgan fingerprint density at radius 2 is 1.61 bits per heavy atom. The van der Waals surface area contributed by atoms with E-state index >= 15 is 0 Å². The quantitative estimate of drug-likeness (QED) is 0.866. The van der Waals surface area contributed by atoms with Crippen molar-refractivity contribution < 1.29 is 9.18 Å². The second kappa shape index (κ2) is 7.27. The van der Waals surface area contributed by atoms with Crippen LogP contribution in [0.25, 0.3) is 0 Å². The number of nitrogens with zero attached hydrogens (tertiary/aromatic N) is 2. The summed E-state index contributed by atoms with van der Waals surface area (Å²) in [6.45, 7) is 2.60. The molecule has 1 aliphatic heterocycles. The van der Waals surface area contributed by atoms with Gasteiger partial charge in [-0.05, 0) is 24.1 Å². The molecular weight excluding hydrogens is 291 g/mol. The molecule has 1 fully saturated rings. The third-order valence-corrected chi connectivity index (χ3v) is 4.14. The van der Waals surface area contributed by atoms with Gasteiger partial charge >= 0.3 is 0 Å². The van der Waals surface area contributed by atoms with Crippen LogP contribution in [-0.4, -0.2) is 37.0 Å². The first kappa shape index (κ1) is 15.5. The lowest BCUT2D eigenvalue weighted by Gasteiger charge is -2.36. The topological polar surface area (TPSA) is 23.6 Å². The number of benzene rings is 2. The Morgan fingerprint density at radius 1 is 0.957 bits per heavy atom. The number of para-hydroxylation sites is 1. The van der Waals surface area contributed by atoms with Gasteiger partial charge in [-0.3, -0.25) is 4.79 Å². The Labute approximate surface area is 136 Å². The number of rotatable bonds is 4. The molecule has 0 aliphatic carbocycles. The minimum atomic E-state index is -0.204. The lowest BCUT2D eigenvalue weighted by Crippen LogP contribution is -2.49. The van der Waals surface area contributed by atoms with Gasteiger partial charge in [0.2, 0.25) is 5.91 Å². The Morgan fingerprint density at radius 3 is 2.30 bits per heavy atom. The summed E-state index contributed by atoms with van der Waals surface area (Å²) in [7, 11) is 0. The summed E-state index contributed by atoms with van der Waals surface area (Å²) in [5.41, 5.74) is 1.68. The number of hydrogen-bond acceptors (Lipinski definition) is 2. The molecule has 1 radical (unpaired) electrons. The van der Waals surface area contributed by atoms with E-state index in [9.17, 15) is 9.18 Å². The summed E-state index contributed by atoms with van der Waals surface area (Å²) in [6.07, 6.45) is 2.36. The van der Waals surface area contributed by atoms with Crippen molar-refractivity contribution in [2.75, 3.05) is 31.1 Å². The van der Waals surface area contributed by atoms with Gasteiger partial charge in [0, 0.05) is 32.6 Å². The monoisotopic (exact) mass is 311 g/mol. The fourth-order valence-corrected chi connectivity index (χ4v) is 2.83. The van der Waals surface area contributed by atoms with E-state index in [0.717, 1.165) is 5.56 Å². The molecule has 23 heavy (non-hydrogen) atoms. The molecule has 2 aromatic rings. The van der Waals surface area contributed by atoms with Crippen LogP contribution in [0.2, 0.25) is 0 Å². The van der Waals surface area contributed by atoms with E-state index in [0.29, 0.717) is 38.3 Å². The van der Waals surface area contributed by atoms with Crippen LogP contribution in [0.5, 0.6) is 0 Å². The molecule has 1 heterocycles. The maximum atomic E-state index is 13.8. The zero-order valence-electron chi connectivity index (χ0n) is 13.0. The lowest BCUT2D eigenvalue weighted by atomic mass is 10.1. The molecule has 2 aromatic carbocycles. The van der Waals surface area contributed by atoms with Gasteiger partial charge < -0.3 is 9.80 Å². The van der Waals surface area contributed by atoms with E-state index in [-0.39, 0.29) is 11.7 Å². The van der Waals surface area contributed by atoms with Crippen LogP contribution >= 0.6 is 0 Å². The molecule has 0 saturated carbocycles. The summed E-state index contributed by atoms with van der Waals surface area (Å²) in [6, 6.07) is 16.7. The van der Waals surface area contributed by atoms with E-state index in [2.05, 4.69) is 0 Å². The normalized spacial score (nSPS) is 14.8. The van der Waals surface area contributed by atoms with Crippen LogP contribution in [0, 0.1) is 12.2 Å². The highest BCUT2D eigenvalue weighted by Crippen LogP contribution is 2.20. The first-order chi connectivity index (χ1) is 11.2. The SMILES string of the molecule is O=C(C[CH]c1ccccc1)N1CCN(c2ccccc2F)CC1. The second-order valence-electron chi connectivity index (χ2n) is 5.64. The van der Waals surface area contributed by atoms with E-state index < -0.39 is 0 Å². The number of amides is 1. The highest BCUT2D eigenvalue weighted by atomic mass is 19.1. The number of halogens is 1. The molecule has 119 valence electrons. The standard InChI is InChI=1S/C19H20FN2O/c20-17-8-4-5-9-18(17)21-12-14-22(15-13-21)19(23)11-10-16-6-2-1-3-7-16/h1-10H,11-15H2. The molecule has 3 nitrogen and oxygen atoms in total. The molecular formula is C19H20FN2O. The van der Waals surface area contributed by atoms with Gasteiger partial charge in [0.25, 0.3) is 0 Å². The fourth-order valence-electron chi connectivity index (χ4n) is 2.83. The summed E-state index contributed by atoms with van der Waals surface area (Å²) in [4.78, 5) is 16.1. The van der Waals surface area contributed by atoms with Crippen LogP contribution in [0.3, 0.4) is 0 Å². The predicted molar refractivity (Wildman–Crippen MR) is 89.7 cm³/mol. The third-order valence-electron chi connectivity index (χ3n) is 4.14. The lowest BCUT2D eigenvalue weighted by molar-refractivity contribution is -0.130. The van der Waals surface area contributed by atoms with Gasteiger partial charge in [0.1, 0.15) is 5.82 Å². The van der Waals surface area contributed by atoms with Crippen molar-refractivity contribution in [1.82, 2.24) is 4.90 Å². The molecule has 0 N–H and O–H groups in total. The minimum Gasteiger partial charge on any atom is -0.366 e. The Kier molecular flexibility index (Phi) is 4.91. The Bertz CT molecular complexity index is 651. The minimum absolute atomic E-state index is 0.127. The molecule has 1 aliphatic rings. The summed E-state index contributed by atoms with van der Waals surface area (Å²) in [5, 5.41) is 0. The van der Waals surface area contributed by atoms with Crippen molar-refractivity contribution >= 4 is 11.6 Å². The van der Waals surface area contributed by atoms with Crippen molar-refractivity contribution in [2.24, 2.45) is 0 Å². The smallest absolute Gasteiger partial charge is 0.223 e. The van der Waals surface area contributed by atoms with Gasteiger partial charge in [-0.25, -0.2) is 4.39 Å². The molecule has 0 atom stereocenters. The largest absolute Gasteiger partial charge is 0.366 e. The maximum absolute atomic E-state index is 13.8. The van der Waals surface area contributed by atoms with Crippen LogP contribution in [0.1, 0.15) is 12.0 Å². The highest BCUT2D eigenvalue weighted by Gasteiger charge is 2.22. The first-order valence-corrected chi connectivity index (χ1v) is 7.89. The Hall–Kier alpha value is -2.36. The molecule has 0 unspecified atom stereocenters. The van der Waals surface area contributed by atoms with Gasteiger partial charge in [-0.2, -0.15) is 0 Å². The summed E-state index contributed by atoms with van der Waals surface area (Å²) >= 11 is 0. The number of carbonyl (C=O) groups is 1. The third kappa shape index (κ3) is 3.89. The molecule has 0 spiro atoms. The van der Waals surface area contributed by atoms with Crippen molar-refractivity contribution in [3.63, 3.8) is 0 Å². The van der Waals surface area contributed by atoms with Crippen molar-refractivity contribution in [3.05, 3.63) is 72.4 Å². The number of hydrogen-bond donors (Lipinski definition) is 0. The number of anilines is 1. The molecule has 4 heteroatoms. The highest BCUT2D eigenvalue weighted by molar-refractivity contribution is 5.78. The zero-order valence-corrected chi connectivity index (χ0v) is 13.0.